The van der Waals surface area contributed by atoms with Crippen molar-refractivity contribution in [2.45, 2.75) is 9.92 Å². The number of fused-ring (bicyclic) bond motifs is 1. The first kappa shape index (κ1) is 19.5. The van der Waals surface area contributed by atoms with Gasteiger partial charge in [-0.2, -0.15) is 13.5 Å². The zero-order chi connectivity index (χ0) is 20.8. The monoisotopic (exact) mass is 429 g/mol. The lowest BCUT2D eigenvalue weighted by atomic mass is 10.1. The average molecular weight is 430 g/mol. The molecule has 0 amide bonds. The summed E-state index contributed by atoms with van der Waals surface area (Å²) in [6.07, 6.45) is 6.63. The minimum Gasteiger partial charge on any atom is -0.612 e. The van der Waals surface area contributed by atoms with Crippen molar-refractivity contribution in [2.24, 2.45) is 14.1 Å². The number of aryl methyl sites for hydroxylation is 2. The van der Waals surface area contributed by atoms with Crippen molar-refractivity contribution in [3.8, 4) is 11.1 Å². The lowest BCUT2D eigenvalue weighted by Crippen LogP contribution is -2.14. The Kier molecular flexibility index (Phi) is 4.85. The normalized spacial score (nSPS) is 13.0. The van der Waals surface area contributed by atoms with Gasteiger partial charge in [0.15, 0.2) is 9.92 Å². The number of nitrogens with one attached hydrogen (secondary N) is 1. The topological polar surface area (TPSA) is 105 Å². The lowest BCUT2D eigenvalue weighted by Gasteiger charge is -2.10. The Morgan fingerprint density at radius 3 is 2.66 bits per heavy atom. The average Bonchev–Trinajstić information content (AvgIpc) is 3.27. The predicted octanol–water partition coefficient (Wildman–Crippen LogP) is 2.51. The number of rotatable bonds is 5. The van der Waals surface area contributed by atoms with Crippen LogP contribution in [0.4, 0.5) is 5.69 Å². The minimum atomic E-state index is -3.86. The summed E-state index contributed by atoms with van der Waals surface area (Å²) in [6, 6.07) is 10.4. The van der Waals surface area contributed by atoms with Crippen molar-refractivity contribution < 1.29 is 13.0 Å². The van der Waals surface area contributed by atoms with Crippen LogP contribution in [0, 0.1) is 0 Å². The number of pyridine rings is 1. The van der Waals surface area contributed by atoms with Crippen LogP contribution >= 0.6 is 0 Å². The number of benzene rings is 1. The Balaban J connectivity index is 1.88. The van der Waals surface area contributed by atoms with E-state index in [1.165, 1.54) is 10.7 Å². The summed E-state index contributed by atoms with van der Waals surface area (Å²) in [5.74, 6) is 0. The summed E-state index contributed by atoms with van der Waals surface area (Å²) in [5, 5.41) is 4.58. The van der Waals surface area contributed by atoms with E-state index in [1.54, 1.807) is 37.8 Å². The molecular weight excluding hydrogens is 410 g/mol. The number of anilines is 1. The Morgan fingerprint density at radius 2 is 1.97 bits per heavy atom. The third-order valence-corrected chi connectivity index (χ3v) is 6.72. The number of nitrogens with zero attached hydrogens (tertiary/aromatic N) is 4. The molecule has 0 radical (unpaired) electrons. The first-order chi connectivity index (χ1) is 13.8. The van der Waals surface area contributed by atoms with Crippen molar-refractivity contribution >= 4 is 37.9 Å². The summed E-state index contributed by atoms with van der Waals surface area (Å²) < 4.78 is 43.4. The van der Waals surface area contributed by atoms with Gasteiger partial charge in [0, 0.05) is 44.3 Å². The molecule has 1 unspecified atom stereocenters. The molecule has 4 rings (SSSR count). The van der Waals surface area contributed by atoms with Gasteiger partial charge >= 0.3 is 0 Å². The molecule has 1 N–H and O–H groups in total. The van der Waals surface area contributed by atoms with Crippen LogP contribution in [0.3, 0.4) is 0 Å². The summed E-state index contributed by atoms with van der Waals surface area (Å²) in [7, 11) is -0.362. The molecule has 0 bridgehead atoms. The highest BCUT2D eigenvalue weighted by molar-refractivity contribution is 7.92. The van der Waals surface area contributed by atoms with Crippen molar-refractivity contribution in [1.29, 1.82) is 0 Å². The van der Waals surface area contributed by atoms with Crippen LogP contribution in [-0.2, 0) is 35.3 Å². The molecule has 0 saturated carbocycles. The van der Waals surface area contributed by atoms with Crippen molar-refractivity contribution in [2.75, 3.05) is 11.0 Å². The molecule has 0 aliphatic rings. The van der Waals surface area contributed by atoms with E-state index in [1.807, 2.05) is 36.0 Å². The molecule has 1 atom stereocenters. The maximum Gasteiger partial charge on any atom is 0.281 e. The Morgan fingerprint density at radius 1 is 1.17 bits per heavy atom. The largest absolute Gasteiger partial charge is 0.612 e. The Bertz CT molecular complexity index is 1310. The Hall–Kier alpha value is -2.82. The van der Waals surface area contributed by atoms with Gasteiger partial charge < -0.3 is 9.12 Å². The van der Waals surface area contributed by atoms with Gasteiger partial charge in [0.25, 0.3) is 10.0 Å². The van der Waals surface area contributed by atoms with Crippen LogP contribution in [0.1, 0.15) is 0 Å². The Labute approximate surface area is 171 Å². The summed E-state index contributed by atoms with van der Waals surface area (Å²) in [4.78, 5) is 5.09. The molecule has 10 heteroatoms. The van der Waals surface area contributed by atoms with Crippen LogP contribution in [0.25, 0.3) is 22.2 Å². The molecule has 0 spiro atoms. The third-order valence-electron chi connectivity index (χ3n) is 4.54. The van der Waals surface area contributed by atoms with Crippen LogP contribution < -0.4 is 4.72 Å². The number of sulfonamides is 1. The van der Waals surface area contributed by atoms with Crippen molar-refractivity contribution in [1.82, 2.24) is 19.3 Å². The van der Waals surface area contributed by atoms with Crippen LogP contribution in [0.15, 0.2) is 64.9 Å². The first-order valence-corrected chi connectivity index (χ1v) is 11.7. The molecule has 4 aromatic rings. The van der Waals surface area contributed by atoms with Crippen molar-refractivity contribution in [3.63, 3.8) is 0 Å². The van der Waals surface area contributed by atoms with Gasteiger partial charge in [-0.1, -0.05) is 12.1 Å². The lowest BCUT2D eigenvalue weighted by molar-refractivity contribution is 0.593. The van der Waals surface area contributed by atoms with E-state index in [0.717, 1.165) is 11.1 Å². The van der Waals surface area contributed by atoms with Gasteiger partial charge in [0.1, 0.15) is 11.9 Å². The molecule has 0 saturated heterocycles. The molecule has 0 aliphatic heterocycles. The van der Waals surface area contributed by atoms with E-state index in [4.69, 9.17) is 0 Å². The molecule has 0 fully saturated rings. The maximum atomic E-state index is 12.8. The SMILES string of the molecule is Cn1ccc(S(=O)(=O)Nc2ccnc3c2c(-c2cccc([S+](C)[O-])c2)cn3C)n1. The summed E-state index contributed by atoms with van der Waals surface area (Å²) >= 11 is -1.13. The second-order valence-corrected chi connectivity index (χ2v) is 9.63. The molecule has 3 aromatic heterocycles. The molecule has 3 heterocycles. The molecule has 0 aliphatic carbocycles. The molecule has 8 nitrogen and oxygen atoms in total. The fourth-order valence-electron chi connectivity index (χ4n) is 3.18. The van der Waals surface area contributed by atoms with Crippen molar-refractivity contribution in [3.05, 3.63) is 55.0 Å². The second-order valence-electron chi connectivity index (χ2n) is 6.63. The van der Waals surface area contributed by atoms with Gasteiger partial charge in [0.05, 0.1) is 11.1 Å². The third kappa shape index (κ3) is 3.61. The van der Waals surface area contributed by atoms with E-state index in [0.29, 0.717) is 21.6 Å². The summed E-state index contributed by atoms with van der Waals surface area (Å²) in [6.45, 7) is 0. The zero-order valence-corrected chi connectivity index (χ0v) is 17.7. The van der Waals surface area contributed by atoms with E-state index in [2.05, 4.69) is 14.8 Å². The second kappa shape index (κ2) is 7.21. The number of hydrogen-bond acceptors (Lipinski definition) is 5. The highest BCUT2D eigenvalue weighted by Crippen LogP contribution is 2.36. The van der Waals surface area contributed by atoms with E-state index >= 15 is 0 Å². The van der Waals surface area contributed by atoms with Gasteiger partial charge in [-0.3, -0.25) is 9.40 Å². The van der Waals surface area contributed by atoms with Gasteiger partial charge in [-0.15, -0.1) is 0 Å². The first-order valence-electron chi connectivity index (χ1n) is 8.66. The quantitative estimate of drug-likeness (QED) is 0.491. The van der Waals surface area contributed by atoms with Crippen LogP contribution in [0.2, 0.25) is 0 Å². The zero-order valence-electron chi connectivity index (χ0n) is 16.0. The molecule has 1 aromatic carbocycles. The number of hydrogen-bond donors (Lipinski definition) is 1. The van der Waals surface area contributed by atoms with E-state index < -0.39 is 21.2 Å². The minimum absolute atomic E-state index is 0.0641. The summed E-state index contributed by atoms with van der Waals surface area (Å²) in [5.41, 5.74) is 2.65. The van der Waals surface area contributed by atoms with Gasteiger partial charge in [0.2, 0.25) is 0 Å². The fraction of sp³-hybridized carbons (Fsp3) is 0.158. The maximum absolute atomic E-state index is 12.8. The molecule has 29 heavy (non-hydrogen) atoms. The molecule has 150 valence electrons. The standard InChI is InChI=1S/C19H19N5O3S2/c1-23-12-15(13-5-4-6-14(11-13)28(3)25)18-16(7-9-20-19(18)23)22-29(26,27)17-8-10-24(2)21-17/h4-12H,1-3H3,(H,20,22). The smallest absolute Gasteiger partial charge is 0.281 e. The van der Waals surface area contributed by atoms with Crippen LogP contribution in [-0.4, -0.2) is 38.6 Å². The van der Waals surface area contributed by atoms with Crippen LogP contribution in [0.5, 0.6) is 0 Å². The molecular formula is C19H19N5O3S2. The highest BCUT2D eigenvalue weighted by atomic mass is 32.2. The predicted molar refractivity (Wildman–Crippen MR) is 112 cm³/mol. The van der Waals surface area contributed by atoms with E-state index in [-0.39, 0.29) is 5.03 Å². The van der Waals surface area contributed by atoms with Gasteiger partial charge in [-0.05, 0) is 34.9 Å². The van der Waals surface area contributed by atoms with Gasteiger partial charge in [-0.25, -0.2) is 4.98 Å². The fourth-order valence-corrected chi connectivity index (χ4v) is 4.79. The highest BCUT2D eigenvalue weighted by Gasteiger charge is 2.21. The number of aromatic nitrogens is 4. The van der Waals surface area contributed by atoms with E-state index in [9.17, 15) is 13.0 Å².